The predicted octanol–water partition coefficient (Wildman–Crippen LogP) is 1.23. The van der Waals surface area contributed by atoms with Crippen LogP contribution < -0.4 is 15.0 Å². The third-order valence-corrected chi connectivity index (χ3v) is 3.70. The molecule has 0 bridgehead atoms. The molecule has 1 aromatic carbocycles. The summed E-state index contributed by atoms with van der Waals surface area (Å²) in [5, 5.41) is 11.1. The van der Waals surface area contributed by atoms with Crippen molar-refractivity contribution in [2.45, 2.75) is 18.9 Å². The Labute approximate surface area is 139 Å². The van der Waals surface area contributed by atoms with Gasteiger partial charge in [0.05, 0.1) is 18.3 Å². The molecule has 0 fully saturated rings. The van der Waals surface area contributed by atoms with E-state index in [2.05, 4.69) is 5.32 Å². The van der Waals surface area contributed by atoms with Gasteiger partial charge in [-0.15, -0.1) is 0 Å². The standard InChI is InChI=1S/C17H20N2O5/c1-19-8-9-24-15-10-12(6-7-14(15)19)17(23)18-13(11-20)4-2-3-5-16(21)22/h3,5-7,10-11,13H,2,4,8-9H2,1H3,(H,18,23)(H,21,22). The number of allylic oxidation sites excluding steroid dienone is 1. The number of ether oxygens (including phenoxy) is 1. The fourth-order valence-corrected chi connectivity index (χ4v) is 2.39. The summed E-state index contributed by atoms with van der Waals surface area (Å²) in [6, 6.07) is 4.49. The Kier molecular flexibility index (Phi) is 5.95. The zero-order chi connectivity index (χ0) is 17.5. The van der Waals surface area contributed by atoms with Crippen molar-refractivity contribution in [1.82, 2.24) is 5.32 Å². The van der Waals surface area contributed by atoms with Crippen LogP contribution in [0.1, 0.15) is 23.2 Å². The number of hydrogen-bond donors (Lipinski definition) is 2. The minimum absolute atomic E-state index is 0.337. The summed E-state index contributed by atoms with van der Waals surface area (Å²) < 4.78 is 5.56. The largest absolute Gasteiger partial charge is 0.490 e. The maximum Gasteiger partial charge on any atom is 0.327 e. The molecule has 1 heterocycles. The molecule has 7 nitrogen and oxygen atoms in total. The van der Waals surface area contributed by atoms with Gasteiger partial charge in [-0.2, -0.15) is 0 Å². The van der Waals surface area contributed by atoms with Crippen molar-refractivity contribution in [3.63, 3.8) is 0 Å². The van der Waals surface area contributed by atoms with Crippen LogP contribution in [0.4, 0.5) is 5.69 Å². The number of nitrogens with zero attached hydrogens (tertiary/aromatic N) is 1. The second-order valence-corrected chi connectivity index (χ2v) is 5.49. The van der Waals surface area contributed by atoms with Crippen molar-refractivity contribution in [1.29, 1.82) is 0 Å². The Morgan fingerprint density at radius 3 is 2.96 bits per heavy atom. The molecule has 2 N–H and O–H groups in total. The third-order valence-electron chi connectivity index (χ3n) is 3.70. The lowest BCUT2D eigenvalue weighted by atomic mass is 10.1. The van der Waals surface area contributed by atoms with Crippen LogP contribution in [0, 0.1) is 0 Å². The van der Waals surface area contributed by atoms with Crippen molar-refractivity contribution < 1.29 is 24.2 Å². The van der Waals surface area contributed by atoms with Crippen LogP contribution in [0.15, 0.2) is 30.4 Å². The van der Waals surface area contributed by atoms with Gasteiger partial charge in [-0.3, -0.25) is 4.79 Å². The van der Waals surface area contributed by atoms with Crippen LogP contribution in [-0.2, 0) is 9.59 Å². The molecule has 0 aliphatic carbocycles. The number of aldehydes is 1. The van der Waals surface area contributed by atoms with E-state index in [0.717, 1.165) is 18.3 Å². The molecular formula is C17H20N2O5. The zero-order valence-electron chi connectivity index (χ0n) is 13.4. The van der Waals surface area contributed by atoms with Crippen LogP contribution >= 0.6 is 0 Å². The molecule has 1 aliphatic rings. The van der Waals surface area contributed by atoms with Gasteiger partial charge in [0.25, 0.3) is 5.91 Å². The molecule has 0 radical (unpaired) electrons. The van der Waals surface area contributed by atoms with E-state index in [9.17, 15) is 14.4 Å². The minimum atomic E-state index is -1.04. The monoisotopic (exact) mass is 332 g/mol. The lowest BCUT2D eigenvalue weighted by molar-refractivity contribution is -0.131. The Hall–Kier alpha value is -2.83. The first-order valence-electron chi connectivity index (χ1n) is 7.65. The first-order valence-corrected chi connectivity index (χ1v) is 7.65. The number of carboxylic acids is 1. The van der Waals surface area contributed by atoms with Gasteiger partial charge in [-0.1, -0.05) is 6.08 Å². The summed E-state index contributed by atoms with van der Waals surface area (Å²) in [5.74, 6) is -0.766. The fourth-order valence-electron chi connectivity index (χ4n) is 2.39. The van der Waals surface area contributed by atoms with Gasteiger partial charge in [0.15, 0.2) is 0 Å². The van der Waals surface area contributed by atoms with Crippen LogP contribution in [0.5, 0.6) is 5.75 Å². The average Bonchev–Trinajstić information content (AvgIpc) is 2.57. The van der Waals surface area contributed by atoms with Crippen molar-refractivity contribution in [2.75, 3.05) is 25.1 Å². The Balaban J connectivity index is 1.97. The van der Waals surface area contributed by atoms with Crippen molar-refractivity contribution in [3.8, 4) is 5.75 Å². The first-order chi connectivity index (χ1) is 11.5. The molecule has 128 valence electrons. The van der Waals surface area contributed by atoms with E-state index in [1.807, 2.05) is 18.0 Å². The fraction of sp³-hybridized carbons (Fsp3) is 0.353. The van der Waals surface area contributed by atoms with Gasteiger partial charge in [-0.05, 0) is 31.0 Å². The molecule has 2 rings (SSSR count). The van der Waals surface area contributed by atoms with Crippen LogP contribution in [0.2, 0.25) is 0 Å². The smallest absolute Gasteiger partial charge is 0.327 e. The van der Waals surface area contributed by atoms with E-state index in [0.29, 0.717) is 37.0 Å². The van der Waals surface area contributed by atoms with Crippen LogP contribution in [-0.4, -0.2) is 49.5 Å². The lowest BCUT2D eigenvalue weighted by Gasteiger charge is -2.27. The number of benzene rings is 1. The highest BCUT2D eigenvalue weighted by Gasteiger charge is 2.18. The van der Waals surface area contributed by atoms with E-state index in [4.69, 9.17) is 9.84 Å². The molecule has 1 amide bonds. The lowest BCUT2D eigenvalue weighted by Crippen LogP contribution is -2.36. The number of anilines is 1. The van der Waals surface area contributed by atoms with E-state index >= 15 is 0 Å². The normalized spacial score (nSPS) is 14.6. The second kappa shape index (κ2) is 8.14. The molecule has 1 unspecified atom stereocenters. The highest BCUT2D eigenvalue weighted by molar-refractivity contribution is 5.96. The number of hydrogen-bond acceptors (Lipinski definition) is 5. The quantitative estimate of drug-likeness (QED) is 0.576. The van der Waals surface area contributed by atoms with Gasteiger partial charge in [0.2, 0.25) is 0 Å². The molecule has 0 aromatic heterocycles. The Bertz CT molecular complexity index is 656. The minimum Gasteiger partial charge on any atom is -0.490 e. The van der Waals surface area contributed by atoms with E-state index in [-0.39, 0.29) is 5.91 Å². The number of carboxylic acid groups (broad SMARTS) is 1. The van der Waals surface area contributed by atoms with E-state index < -0.39 is 12.0 Å². The molecule has 1 atom stereocenters. The molecule has 0 saturated carbocycles. The van der Waals surface area contributed by atoms with Gasteiger partial charge in [-0.25, -0.2) is 4.79 Å². The first kappa shape index (κ1) is 17.5. The number of fused-ring (bicyclic) bond motifs is 1. The number of aliphatic carboxylic acids is 1. The summed E-state index contributed by atoms with van der Waals surface area (Å²) in [5.41, 5.74) is 1.33. The van der Waals surface area contributed by atoms with Crippen molar-refractivity contribution in [3.05, 3.63) is 35.9 Å². The summed E-state index contributed by atoms with van der Waals surface area (Å²) in [6.07, 6.45) is 3.83. The summed E-state index contributed by atoms with van der Waals surface area (Å²) in [7, 11) is 1.95. The van der Waals surface area contributed by atoms with Gasteiger partial charge >= 0.3 is 5.97 Å². The van der Waals surface area contributed by atoms with Gasteiger partial charge < -0.3 is 24.9 Å². The summed E-state index contributed by atoms with van der Waals surface area (Å²) in [6.45, 7) is 1.34. The topological polar surface area (TPSA) is 95.9 Å². The highest BCUT2D eigenvalue weighted by atomic mass is 16.5. The van der Waals surface area contributed by atoms with Crippen LogP contribution in [0.25, 0.3) is 0 Å². The number of likely N-dealkylation sites (N-methyl/N-ethyl adjacent to an activating group) is 1. The predicted molar refractivity (Wildman–Crippen MR) is 88.5 cm³/mol. The van der Waals surface area contributed by atoms with Crippen LogP contribution in [0.3, 0.4) is 0 Å². The SMILES string of the molecule is CN1CCOc2cc(C(=O)NC(C=O)CCC=CC(=O)O)ccc21. The summed E-state index contributed by atoms with van der Waals surface area (Å²) >= 11 is 0. The Morgan fingerprint density at radius 2 is 2.25 bits per heavy atom. The van der Waals surface area contributed by atoms with E-state index in [1.54, 1.807) is 12.1 Å². The molecule has 1 aromatic rings. The van der Waals surface area contributed by atoms with Gasteiger partial charge in [0.1, 0.15) is 18.6 Å². The Morgan fingerprint density at radius 1 is 1.46 bits per heavy atom. The molecule has 0 saturated heterocycles. The molecule has 24 heavy (non-hydrogen) atoms. The van der Waals surface area contributed by atoms with E-state index in [1.165, 1.54) is 6.08 Å². The molecule has 7 heteroatoms. The molecular weight excluding hydrogens is 312 g/mol. The highest BCUT2D eigenvalue weighted by Crippen LogP contribution is 2.31. The maximum absolute atomic E-state index is 12.3. The number of nitrogens with one attached hydrogen (secondary N) is 1. The van der Waals surface area contributed by atoms with Crippen molar-refractivity contribution in [2.24, 2.45) is 0 Å². The second-order valence-electron chi connectivity index (χ2n) is 5.49. The average molecular weight is 332 g/mol. The maximum atomic E-state index is 12.3. The zero-order valence-corrected chi connectivity index (χ0v) is 13.4. The number of carbonyl (C=O) groups excluding carboxylic acids is 2. The number of amides is 1. The van der Waals surface area contributed by atoms with Gasteiger partial charge in [0, 0.05) is 18.7 Å². The number of carbonyl (C=O) groups is 3. The third kappa shape index (κ3) is 4.58. The summed E-state index contributed by atoms with van der Waals surface area (Å²) in [4.78, 5) is 35.8. The molecule has 0 spiro atoms. The molecule has 1 aliphatic heterocycles. The van der Waals surface area contributed by atoms with Crippen molar-refractivity contribution >= 4 is 23.9 Å². The number of rotatable bonds is 7.